The smallest absolute Gasteiger partial charge is 0.120 e. The quantitative estimate of drug-likeness (QED) is 0.517. The van der Waals surface area contributed by atoms with Gasteiger partial charge in [-0.1, -0.05) is 18.2 Å². The van der Waals surface area contributed by atoms with Crippen LogP contribution in [0.2, 0.25) is 0 Å². The number of fused-ring (bicyclic) bond motifs is 2. The molecule has 2 aromatic heterocycles. The van der Waals surface area contributed by atoms with Crippen molar-refractivity contribution in [2.75, 3.05) is 13.1 Å². The Morgan fingerprint density at radius 2 is 1.79 bits per heavy atom. The van der Waals surface area contributed by atoms with E-state index in [0.29, 0.717) is 0 Å². The predicted octanol–water partition coefficient (Wildman–Crippen LogP) is 4.83. The molecule has 1 saturated heterocycles. The van der Waals surface area contributed by atoms with Crippen LogP contribution in [0.1, 0.15) is 18.4 Å². The second-order valence-corrected chi connectivity index (χ2v) is 7.51. The van der Waals surface area contributed by atoms with Gasteiger partial charge in [0.25, 0.3) is 0 Å². The molecule has 4 aromatic rings. The molecule has 5 rings (SSSR count). The standard InChI is InChI=1S/C24H23N3O/c1-2-4-24-20(3-1)13-18(15-26-24)17-27-11-8-22(9-12-27)28-23-6-5-21-16-25-10-7-19(21)14-23/h1-7,10,13-16,22H,8-9,11-12,17H2. The third kappa shape index (κ3) is 3.69. The number of likely N-dealkylation sites (tertiary alicyclic amines) is 1. The molecule has 0 aliphatic carbocycles. The van der Waals surface area contributed by atoms with E-state index < -0.39 is 0 Å². The SMILES string of the molecule is c1ccc2ncc(CN3CCC(Oc4ccc5cnccc5c4)CC3)cc2c1. The van der Waals surface area contributed by atoms with Crippen molar-refractivity contribution >= 4 is 21.7 Å². The van der Waals surface area contributed by atoms with Gasteiger partial charge in [0, 0.05) is 49.0 Å². The Balaban J connectivity index is 1.19. The number of nitrogens with zero attached hydrogens (tertiary/aromatic N) is 3. The van der Waals surface area contributed by atoms with Gasteiger partial charge in [0.2, 0.25) is 0 Å². The average Bonchev–Trinajstić information content (AvgIpc) is 2.75. The molecule has 1 aliphatic heterocycles. The molecule has 0 unspecified atom stereocenters. The predicted molar refractivity (Wildman–Crippen MR) is 112 cm³/mol. The zero-order valence-electron chi connectivity index (χ0n) is 15.8. The lowest BCUT2D eigenvalue weighted by molar-refractivity contribution is 0.0969. The molecule has 0 saturated carbocycles. The number of benzene rings is 2. The Morgan fingerprint density at radius 1 is 0.893 bits per heavy atom. The molecule has 3 heterocycles. The van der Waals surface area contributed by atoms with Gasteiger partial charge in [0.05, 0.1) is 5.52 Å². The van der Waals surface area contributed by atoms with E-state index in [1.54, 1.807) is 0 Å². The van der Waals surface area contributed by atoms with Crippen molar-refractivity contribution < 1.29 is 4.74 Å². The minimum absolute atomic E-state index is 0.283. The number of ether oxygens (including phenoxy) is 1. The van der Waals surface area contributed by atoms with Crippen LogP contribution in [0.3, 0.4) is 0 Å². The number of pyridine rings is 2. The van der Waals surface area contributed by atoms with E-state index in [4.69, 9.17) is 4.74 Å². The van der Waals surface area contributed by atoms with Crippen LogP contribution in [0, 0.1) is 0 Å². The molecule has 0 radical (unpaired) electrons. The lowest BCUT2D eigenvalue weighted by Gasteiger charge is -2.32. The van der Waals surface area contributed by atoms with Gasteiger partial charge in [-0.2, -0.15) is 0 Å². The van der Waals surface area contributed by atoms with Gasteiger partial charge in [-0.05, 0) is 60.2 Å². The van der Waals surface area contributed by atoms with Crippen LogP contribution in [-0.4, -0.2) is 34.1 Å². The molecule has 4 heteroatoms. The van der Waals surface area contributed by atoms with Gasteiger partial charge in [-0.3, -0.25) is 14.9 Å². The lowest BCUT2D eigenvalue weighted by atomic mass is 10.1. The average molecular weight is 369 g/mol. The Bertz CT molecular complexity index is 1010. The molecular weight excluding hydrogens is 346 g/mol. The summed E-state index contributed by atoms with van der Waals surface area (Å²) in [5.74, 6) is 0.955. The molecule has 1 aliphatic rings. The van der Waals surface area contributed by atoms with Crippen molar-refractivity contribution in [2.24, 2.45) is 0 Å². The number of hydrogen-bond acceptors (Lipinski definition) is 4. The largest absolute Gasteiger partial charge is 0.490 e. The van der Waals surface area contributed by atoms with Gasteiger partial charge < -0.3 is 4.74 Å². The van der Waals surface area contributed by atoms with Crippen LogP contribution in [0.4, 0.5) is 0 Å². The molecule has 0 amide bonds. The van der Waals surface area contributed by atoms with Crippen LogP contribution < -0.4 is 4.74 Å². The normalized spacial score (nSPS) is 15.9. The van der Waals surface area contributed by atoms with E-state index in [9.17, 15) is 0 Å². The highest BCUT2D eigenvalue weighted by atomic mass is 16.5. The molecule has 4 nitrogen and oxygen atoms in total. The summed E-state index contributed by atoms with van der Waals surface area (Å²) in [7, 11) is 0. The fourth-order valence-electron chi connectivity index (χ4n) is 3.97. The maximum absolute atomic E-state index is 6.26. The molecule has 0 spiro atoms. The van der Waals surface area contributed by atoms with Gasteiger partial charge in [0.15, 0.2) is 0 Å². The highest BCUT2D eigenvalue weighted by Gasteiger charge is 2.21. The summed E-state index contributed by atoms with van der Waals surface area (Å²) in [6.07, 6.45) is 8.11. The minimum Gasteiger partial charge on any atom is -0.490 e. The van der Waals surface area contributed by atoms with Crippen LogP contribution >= 0.6 is 0 Å². The number of rotatable bonds is 4. The van der Waals surface area contributed by atoms with E-state index >= 15 is 0 Å². The molecule has 140 valence electrons. The van der Waals surface area contributed by atoms with Gasteiger partial charge in [0.1, 0.15) is 11.9 Å². The van der Waals surface area contributed by atoms with Crippen molar-refractivity contribution in [3.63, 3.8) is 0 Å². The number of piperidine rings is 1. The summed E-state index contributed by atoms with van der Waals surface area (Å²) in [5, 5.41) is 3.53. The van der Waals surface area contributed by atoms with E-state index in [1.807, 2.05) is 30.7 Å². The monoisotopic (exact) mass is 369 g/mol. The van der Waals surface area contributed by atoms with E-state index in [1.165, 1.54) is 16.3 Å². The summed E-state index contributed by atoms with van der Waals surface area (Å²) < 4.78 is 6.26. The van der Waals surface area contributed by atoms with E-state index in [-0.39, 0.29) is 6.10 Å². The first kappa shape index (κ1) is 17.1. The lowest BCUT2D eigenvalue weighted by Crippen LogP contribution is -2.37. The van der Waals surface area contributed by atoms with Crippen LogP contribution in [0.25, 0.3) is 21.7 Å². The highest BCUT2D eigenvalue weighted by molar-refractivity contribution is 5.82. The molecular formula is C24H23N3O. The summed E-state index contributed by atoms with van der Waals surface area (Å²) in [5.41, 5.74) is 2.34. The summed E-state index contributed by atoms with van der Waals surface area (Å²) in [6, 6.07) is 18.8. The third-order valence-electron chi connectivity index (χ3n) is 5.50. The highest BCUT2D eigenvalue weighted by Crippen LogP contribution is 2.24. The fourth-order valence-corrected chi connectivity index (χ4v) is 3.97. The summed E-state index contributed by atoms with van der Waals surface area (Å²) >= 11 is 0. The first-order valence-electron chi connectivity index (χ1n) is 9.90. The van der Waals surface area contributed by atoms with Gasteiger partial charge in [-0.25, -0.2) is 0 Å². The van der Waals surface area contributed by atoms with E-state index in [0.717, 1.165) is 49.1 Å². The Labute approximate surface area is 164 Å². The first-order valence-corrected chi connectivity index (χ1v) is 9.90. The third-order valence-corrected chi connectivity index (χ3v) is 5.50. The van der Waals surface area contributed by atoms with Crippen LogP contribution in [-0.2, 0) is 6.54 Å². The Morgan fingerprint density at radius 3 is 2.71 bits per heavy atom. The molecule has 0 atom stereocenters. The second kappa shape index (κ2) is 7.56. The molecule has 28 heavy (non-hydrogen) atoms. The van der Waals surface area contributed by atoms with Gasteiger partial charge >= 0.3 is 0 Å². The zero-order valence-corrected chi connectivity index (χ0v) is 15.8. The van der Waals surface area contributed by atoms with E-state index in [2.05, 4.69) is 57.3 Å². The fraction of sp³-hybridized carbons (Fsp3) is 0.250. The minimum atomic E-state index is 0.283. The maximum Gasteiger partial charge on any atom is 0.120 e. The Hall–Kier alpha value is -2.98. The maximum atomic E-state index is 6.26. The summed E-state index contributed by atoms with van der Waals surface area (Å²) in [4.78, 5) is 11.3. The molecule has 0 bridgehead atoms. The van der Waals surface area contributed by atoms with Crippen molar-refractivity contribution in [2.45, 2.75) is 25.5 Å². The topological polar surface area (TPSA) is 38.2 Å². The van der Waals surface area contributed by atoms with Crippen molar-refractivity contribution in [1.82, 2.24) is 14.9 Å². The summed E-state index contributed by atoms with van der Waals surface area (Å²) in [6.45, 7) is 3.05. The molecule has 2 aromatic carbocycles. The van der Waals surface area contributed by atoms with Crippen molar-refractivity contribution in [3.8, 4) is 5.75 Å². The first-order chi connectivity index (χ1) is 13.8. The van der Waals surface area contributed by atoms with Crippen molar-refractivity contribution in [3.05, 3.63) is 78.8 Å². The molecule has 0 N–H and O–H groups in total. The zero-order chi connectivity index (χ0) is 18.8. The van der Waals surface area contributed by atoms with Crippen molar-refractivity contribution in [1.29, 1.82) is 0 Å². The van der Waals surface area contributed by atoms with Crippen LogP contribution in [0.5, 0.6) is 5.75 Å². The van der Waals surface area contributed by atoms with Gasteiger partial charge in [-0.15, -0.1) is 0 Å². The van der Waals surface area contributed by atoms with Crippen LogP contribution in [0.15, 0.2) is 73.2 Å². The number of hydrogen-bond donors (Lipinski definition) is 0. The number of para-hydroxylation sites is 1. The Kier molecular flexibility index (Phi) is 4.63. The molecule has 1 fully saturated rings. The number of aromatic nitrogens is 2. The second-order valence-electron chi connectivity index (χ2n) is 7.51.